The third kappa shape index (κ3) is 5.42. The van der Waals surface area contributed by atoms with E-state index in [1.807, 2.05) is 12.1 Å². The number of unbranched alkanes of at least 4 members (excludes halogenated alkanes) is 1. The van der Waals surface area contributed by atoms with Gasteiger partial charge in [0.05, 0.1) is 0 Å². The first-order chi connectivity index (χ1) is 7.86. The summed E-state index contributed by atoms with van der Waals surface area (Å²) in [5.41, 5.74) is 0. The highest BCUT2D eigenvalue weighted by atomic mass is 32.2. The van der Waals surface area contributed by atoms with Gasteiger partial charge in [0.25, 0.3) is 0 Å². The average Bonchev–Trinajstić information content (AvgIpc) is 2.34. The minimum atomic E-state index is 0.738. The lowest BCUT2D eigenvalue weighted by Crippen LogP contribution is -2.21. The van der Waals surface area contributed by atoms with Crippen molar-refractivity contribution in [3.63, 3.8) is 0 Å². The summed E-state index contributed by atoms with van der Waals surface area (Å²) in [6.45, 7) is 4.95. The SMILES string of the molecule is CCCCNCCOc1ccc(SC)cc1. The Bertz CT molecular complexity index is 274. The third-order valence-electron chi connectivity index (χ3n) is 2.31. The van der Waals surface area contributed by atoms with E-state index >= 15 is 0 Å². The van der Waals surface area contributed by atoms with Crippen LogP contribution in [0.5, 0.6) is 5.75 Å². The summed E-state index contributed by atoms with van der Waals surface area (Å²) >= 11 is 1.75. The highest BCUT2D eigenvalue weighted by Gasteiger charge is 1.94. The Morgan fingerprint density at radius 1 is 1.19 bits per heavy atom. The highest BCUT2D eigenvalue weighted by Crippen LogP contribution is 2.18. The van der Waals surface area contributed by atoms with Gasteiger partial charge in [-0.1, -0.05) is 13.3 Å². The molecule has 0 radical (unpaired) electrons. The lowest BCUT2D eigenvalue weighted by atomic mass is 10.3. The molecule has 0 aliphatic heterocycles. The molecule has 3 heteroatoms. The predicted octanol–water partition coefficient (Wildman–Crippen LogP) is 3.18. The Hall–Kier alpha value is -0.670. The fourth-order valence-corrected chi connectivity index (χ4v) is 1.75. The minimum Gasteiger partial charge on any atom is -0.492 e. The molecule has 16 heavy (non-hydrogen) atoms. The molecule has 0 unspecified atom stereocenters. The Morgan fingerprint density at radius 2 is 1.94 bits per heavy atom. The summed E-state index contributed by atoms with van der Waals surface area (Å²) in [7, 11) is 0. The van der Waals surface area contributed by atoms with Crippen molar-refractivity contribution in [1.29, 1.82) is 0 Å². The van der Waals surface area contributed by atoms with Gasteiger partial charge in [0.15, 0.2) is 0 Å². The van der Waals surface area contributed by atoms with E-state index in [2.05, 4.69) is 30.6 Å². The largest absolute Gasteiger partial charge is 0.492 e. The maximum Gasteiger partial charge on any atom is 0.119 e. The van der Waals surface area contributed by atoms with Gasteiger partial charge in [-0.3, -0.25) is 0 Å². The zero-order valence-electron chi connectivity index (χ0n) is 10.2. The smallest absolute Gasteiger partial charge is 0.119 e. The minimum absolute atomic E-state index is 0.738. The van der Waals surface area contributed by atoms with Crippen LogP contribution in [0.3, 0.4) is 0 Å². The topological polar surface area (TPSA) is 21.3 Å². The first-order valence-electron chi connectivity index (χ1n) is 5.84. The van der Waals surface area contributed by atoms with Crippen LogP contribution in [-0.2, 0) is 0 Å². The third-order valence-corrected chi connectivity index (χ3v) is 3.06. The summed E-state index contributed by atoms with van der Waals surface area (Å²) in [5.74, 6) is 0.954. The molecule has 0 spiro atoms. The van der Waals surface area contributed by atoms with E-state index in [-0.39, 0.29) is 0 Å². The van der Waals surface area contributed by atoms with Crippen LogP contribution in [-0.4, -0.2) is 26.0 Å². The maximum atomic E-state index is 5.61. The van der Waals surface area contributed by atoms with Gasteiger partial charge in [0, 0.05) is 11.4 Å². The molecule has 90 valence electrons. The zero-order chi connectivity index (χ0) is 11.6. The van der Waals surface area contributed by atoms with Crippen LogP contribution in [0, 0.1) is 0 Å². The number of rotatable bonds is 8. The fraction of sp³-hybridized carbons (Fsp3) is 0.538. The van der Waals surface area contributed by atoms with Gasteiger partial charge in [-0.05, 0) is 43.5 Å². The van der Waals surface area contributed by atoms with Crippen LogP contribution in [0.4, 0.5) is 0 Å². The molecule has 1 aromatic carbocycles. The summed E-state index contributed by atoms with van der Waals surface area (Å²) in [6, 6.07) is 8.23. The molecular formula is C13H21NOS. The van der Waals surface area contributed by atoms with Crippen molar-refractivity contribution in [2.45, 2.75) is 24.7 Å². The maximum absolute atomic E-state index is 5.61. The van der Waals surface area contributed by atoms with Crippen molar-refractivity contribution in [2.24, 2.45) is 0 Å². The normalized spacial score (nSPS) is 10.4. The van der Waals surface area contributed by atoms with Crippen LogP contribution in [0.15, 0.2) is 29.2 Å². The van der Waals surface area contributed by atoms with E-state index in [1.54, 1.807) is 11.8 Å². The van der Waals surface area contributed by atoms with E-state index in [1.165, 1.54) is 17.7 Å². The average molecular weight is 239 g/mol. The molecule has 0 aliphatic rings. The summed E-state index contributed by atoms with van der Waals surface area (Å²) in [5, 5.41) is 3.35. The highest BCUT2D eigenvalue weighted by molar-refractivity contribution is 7.98. The monoisotopic (exact) mass is 239 g/mol. The van der Waals surface area contributed by atoms with Gasteiger partial charge in [0.1, 0.15) is 12.4 Å². The molecule has 1 aromatic rings. The second-order valence-corrected chi connectivity index (χ2v) is 4.51. The fourth-order valence-electron chi connectivity index (χ4n) is 1.34. The van der Waals surface area contributed by atoms with Crippen LogP contribution >= 0.6 is 11.8 Å². The molecule has 0 bridgehead atoms. The lowest BCUT2D eigenvalue weighted by molar-refractivity contribution is 0.313. The summed E-state index contributed by atoms with van der Waals surface area (Å²) in [4.78, 5) is 1.27. The second kappa shape index (κ2) is 8.48. The molecular weight excluding hydrogens is 218 g/mol. The molecule has 2 nitrogen and oxygen atoms in total. The molecule has 0 fully saturated rings. The molecule has 0 heterocycles. The van der Waals surface area contributed by atoms with E-state index in [0.29, 0.717) is 0 Å². The predicted molar refractivity (Wildman–Crippen MR) is 71.5 cm³/mol. The molecule has 0 saturated carbocycles. The van der Waals surface area contributed by atoms with E-state index in [9.17, 15) is 0 Å². The first kappa shape index (κ1) is 13.4. The van der Waals surface area contributed by atoms with Crippen molar-refractivity contribution in [2.75, 3.05) is 26.0 Å². The molecule has 0 saturated heterocycles. The first-order valence-corrected chi connectivity index (χ1v) is 7.07. The molecule has 0 atom stereocenters. The standard InChI is InChI=1S/C13H21NOS/c1-3-4-9-14-10-11-15-12-5-7-13(16-2)8-6-12/h5-8,14H,3-4,9-11H2,1-2H3. The van der Waals surface area contributed by atoms with Crippen LogP contribution < -0.4 is 10.1 Å². The van der Waals surface area contributed by atoms with E-state index in [4.69, 9.17) is 4.74 Å². The quantitative estimate of drug-likeness (QED) is 0.556. The Labute approximate surface area is 103 Å². The van der Waals surface area contributed by atoms with Crippen molar-refractivity contribution in [1.82, 2.24) is 5.32 Å². The van der Waals surface area contributed by atoms with Crippen molar-refractivity contribution in [3.8, 4) is 5.75 Å². The van der Waals surface area contributed by atoms with Crippen molar-refractivity contribution >= 4 is 11.8 Å². The number of hydrogen-bond acceptors (Lipinski definition) is 3. The van der Waals surface area contributed by atoms with Crippen molar-refractivity contribution in [3.05, 3.63) is 24.3 Å². The van der Waals surface area contributed by atoms with Crippen LogP contribution in [0.2, 0.25) is 0 Å². The number of ether oxygens (including phenoxy) is 1. The number of benzene rings is 1. The van der Waals surface area contributed by atoms with Crippen LogP contribution in [0.1, 0.15) is 19.8 Å². The van der Waals surface area contributed by atoms with Gasteiger partial charge in [-0.2, -0.15) is 0 Å². The zero-order valence-corrected chi connectivity index (χ0v) is 11.0. The number of nitrogens with one attached hydrogen (secondary N) is 1. The van der Waals surface area contributed by atoms with Gasteiger partial charge in [-0.15, -0.1) is 11.8 Å². The molecule has 0 aromatic heterocycles. The van der Waals surface area contributed by atoms with Gasteiger partial charge in [0.2, 0.25) is 0 Å². The second-order valence-electron chi connectivity index (χ2n) is 3.63. The Morgan fingerprint density at radius 3 is 2.56 bits per heavy atom. The molecule has 0 amide bonds. The summed E-state index contributed by atoms with van der Waals surface area (Å²) in [6.07, 6.45) is 4.56. The molecule has 0 aliphatic carbocycles. The van der Waals surface area contributed by atoms with Gasteiger partial charge >= 0.3 is 0 Å². The Balaban J connectivity index is 2.12. The molecule has 1 rings (SSSR count). The summed E-state index contributed by atoms with van der Waals surface area (Å²) < 4.78 is 5.61. The van der Waals surface area contributed by atoms with Crippen LogP contribution in [0.25, 0.3) is 0 Å². The number of hydrogen-bond donors (Lipinski definition) is 1. The van der Waals surface area contributed by atoms with Crippen molar-refractivity contribution < 1.29 is 4.74 Å². The van der Waals surface area contributed by atoms with Gasteiger partial charge < -0.3 is 10.1 Å². The number of thioether (sulfide) groups is 1. The van der Waals surface area contributed by atoms with E-state index in [0.717, 1.165) is 25.4 Å². The molecule has 1 N–H and O–H groups in total. The Kier molecular flexibility index (Phi) is 7.10. The van der Waals surface area contributed by atoms with Gasteiger partial charge in [-0.25, -0.2) is 0 Å². The van der Waals surface area contributed by atoms with E-state index < -0.39 is 0 Å². The lowest BCUT2D eigenvalue weighted by Gasteiger charge is -2.07.